The van der Waals surface area contributed by atoms with Crippen molar-refractivity contribution in [3.05, 3.63) is 39.9 Å². The molecule has 0 saturated heterocycles. The number of nitrogens with zero attached hydrogens (tertiary/aromatic N) is 1. The Morgan fingerprint density at radius 2 is 2.00 bits per heavy atom. The number of nitro benzene ring substituents is 1. The highest BCUT2D eigenvalue weighted by Gasteiger charge is 2.22. The number of non-ortho nitro benzene ring substituents is 1. The van der Waals surface area contributed by atoms with Gasteiger partial charge in [0.05, 0.1) is 23.6 Å². The highest BCUT2D eigenvalue weighted by Crippen LogP contribution is 2.13. The lowest BCUT2D eigenvalue weighted by atomic mass is 9.86. The number of nitrogens with one attached hydrogen (secondary N) is 2. The molecule has 0 heterocycles. The first-order valence-corrected chi connectivity index (χ1v) is 7.46. The highest BCUT2D eigenvalue weighted by molar-refractivity contribution is 6.46. The number of benzene rings is 1. The van der Waals surface area contributed by atoms with E-state index in [9.17, 15) is 25.0 Å². The fourth-order valence-corrected chi connectivity index (χ4v) is 2.17. The Hall–Kier alpha value is -1.97. The summed E-state index contributed by atoms with van der Waals surface area (Å²) in [4.78, 5) is 22.3. The molecule has 0 aliphatic rings. The molecule has 9 heteroatoms. The number of aliphatic hydroxyl groups excluding tert-OH is 1. The molecule has 8 nitrogen and oxygen atoms in total. The lowest BCUT2D eigenvalue weighted by Gasteiger charge is -2.22. The number of hydrogen-bond acceptors (Lipinski definition) is 6. The van der Waals surface area contributed by atoms with Gasteiger partial charge in [0.15, 0.2) is 0 Å². The van der Waals surface area contributed by atoms with Crippen molar-refractivity contribution in [2.75, 3.05) is 6.61 Å². The molecule has 1 amide bonds. The molecule has 126 valence electrons. The SMILES string of the molecule is CC[C@H](NB(C)O)C(=O)N[C@@H](CO)Cc1ccc([N+](=O)[O-])cc1. The van der Waals surface area contributed by atoms with Crippen molar-refractivity contribution in [1.82, 2.24) is 10.5 Å². The summed E-state index contributed by atoms with van der Waals surface area (Å²) in [6, 6.07) is 4.90. The second-order valence-electron chi connectivity index (χ2n) is 5.32. The highest BCUT2D eigenvalue weighted by atomic mass is 16.6. The van der Waals surface area contributed by atoms with Gasteiger partial charge in [-0.1, -0.05) is 19.1 Å². The van der Waals surface area contributed by atoms with Gasteiger partial charge < -0.3 is 20.7 Å². The summed E-state index contributed by atoms with van der Waals surface area (Å²) in [5.41, 5.74) is 0.761. The third kappa shape index (κ3) is 6.35. The van der Waals surface area contributed by atoms with Crippen LogP contribution >= 0.6 is 0 Å². The predicted molar refractivity (Wildman–Crippen MR) is 86.9 cm³/mol. The maximum atomic E-state index is 12.1. The molecule has 0 aliphatic heterocycles. The van der Waals surface area contributed by atoms with Gasteiger partial charge in [-0.05, 0) is 25.2 Å². The van der Waals surface area contributed by atoms with Crippen LogP contribution in [0.5, 0.6) is 0 Å². The molecule has 0 bridgehead atoms. The molecular formula is C14H22BN3O5. The van der Waals surface area contributed by atoms with E-state index >= 15 is 0 Å². The number of aliphatic hydroxyl groups is 1. The number of carbonyl (C=O) groups excluding carboxylic acids is 1. The van der Waals surface area contributed by atoms with Gasteiger partial charge in [-0.2, -0.15) is 0 Å². The van der Waals surface area contributed by atoms with E-state index in [1.165, 1.54) is 19.0 Å². The maximum absolute atomic E-state index is 12.1. The van der Waals surface area contributed by atoms with E-state index in [0.717, 1.165) is 5.56 Å². The molecule has 2 atom stereocenters. The Morgan fingerprint density at radius 3 is 2.43 bits per heavy atom. The monoisotopic (exact) mass is 323 g/mol. The summed E-state index contributed by atoms with van der Waals surface area (Å²) in [7, 11) is -0.812. The van der Waals surface area contributed by atoms with Gasteiger partial charge in [0.1, 0.15) is 0 Å². The maximum Gasteiger partial charge on any atom is 0.374 e. The average Bonchev–Trinajstić information content (AvgIpc) is 2.51. The normalized spacial score (nSPS) is 13.2. The van der Waals surface area contributed by atoms with E-state index < -0.39 is 24.1 Å². The molecule has 0 radical (unpaired) electrons. The lowest BCUT2D eigenvalue weighted by Crippen LogP contribution is -2.52. The Bertz CT molecular complexity index is 524. The van der Waals surface area contributed by atoms with Crippen LogP contribution in [0.15, 0.2) is 24.3 Å². The summed E-state index contributed by atoms with van der Waals surface area (Å²) < 4.78 is 0. The molecular weight excluding hydrogens is 301 g/mol. The van der Waals surface area contributed by atoms with E-state index in [0.29, 0.717) is 12.8 Å². The molecule has 23 heavy (non-hydrogen) atoms. The Labute approximate surface area is 135 Å². The van der Waals surface area contributed by atoms with Gasteiger partial charge in [-0.25, -0.2) is 0 Å². The molecule has 0 unspecified atom stereocenters. The van der Waals surface area contributed by atoms with Crippen LogP contribution in [0.25, 0.3) is 0 Å². The first-order valence-electron chi connectivity index (χ1n) is 7.46. The van der Waals surface area contributed by atoms with E-state index in [4.69, 9.17) is 0 Å². The predicted octanol–water partition coefficient (Wildman–Crippen LogP) is 0.0929. The van der Waals surface area contributed by atoms with E-state index in [2.05, 4.69) is 10.5 Å². The van der Waals surface area contributed by atoms with E-state index in [-0.39, 0.29) is 18.2 Å². The molecule has 0 fully saturated rings. The number of rotatable bonds is 9. The van der Waals surface area contributed by atoms with Crippen molar-refractivity contribution in [2.45, 2.75) is 38.7 Å². The quantitative estimate of drug-likeness (QED) is 0.290. The van der Waals surface area contributed by atoms with Crippen LogP contribution in [-0.4, -0.2) is 46.7 Å². The number of carbonyl (C=O) groups is 1. The average molecular weight is 323 g/mol. The van der Waals surface area contributed by atoms with Gasteiger partial charge in [0.2, 0.25) is 5.91 Å². The zero-order chi connectivity index (χ0) is 17.4. The van der Waals surface area contributed by atoms with Crippen molar-refractivity contribution in [3.8, 4) is 0 Å². The molecule has 4 N–H and O–H groups in total. The second kappa shape index (κ2) is 9.24. The second-order valence-corrected chi connectivity index (χ2v) is 5.32. The van der Waals surface area contributed by atoms with E-state index in [1.807, 2.05) is 6.92 Å². The third-order valence-electron chi connectivity index (χ3n) is 3.36. The number of nitro groups is 1. The topological polar surface area (TPSA) is 125 Å². The lowest BCUT2D eigenvalue weighted by molar-refractivity contribution is -0.384. The third-order valence-corrected chi connectivity index (χ3v) is 3.36. The summed E-state index contributed by atoms with van der Waals surface area (Å²) in [5.74, 6) is -0.311. The molecule has 0 spiro atoms. The van der Waals surface area contributed by atoms with Crippen molar-refractivity contribution in [3.63, 3.8) is 0 Å². The Balaban J connectivity index is 2.65. The summed E-state index contributed by atoms with van der Waals surface area (Å²) >= 11 is 0. The Morgan fingerprint density at radius 1 is 1.39 bits per heavy atom. The van der Waals surface area contributed by atoms with Crippen LogP contribution in [0.4, 0.5) is 5.69 Å². The number of amides is 1. The van der Waals surface area contributed by atoms with Gasteiger partial charge in [-0.3, -0.25) is 14.9 Å². The van der Waals surface area contributed by atoms with Crippen LogP contribution in [0.2, 0.25) is 6.82 Å². The molecule has 1 aromatic carbocycles. The van der Waals surface area contributed by atoms with Crippen molar-refractivity contribution >= 4 is 18.6 Å². The fraction of sp³-hybridized carbons (Fsp3) is 0.500. The molecule has 1 aromatic rings. The van der Waals surface area contributed by atoms with Crippen molar-refractivity contribution in [2.24, 2.45) is 0 Å². The summed E-state index contributed by atoms with van der Waals surface area (Å²) in [5, 5.41) is 34.8. The molecule has 0 saturated carbocycles. The van der Waals surface area contributed by atoms with Crippen LogP contribution in [-0.2, 0) is 11.2 Å². The zero-order valence-corrected chi connectivity index (χ0v) is 13.2. The standard InChI is InChI=1S/C14H22BN3O5/c1-3-13(17-15(2)21)14(20)16-11(9-19)8-10-4-6-12(7-5-10)18(22)23/h4-7,11,13,17,19,21H,3,8-9H2,1-2H3,(H,16,20)/t11-,13+/m1/s1. The van der Waals surface area contributed by atoms with Gasteiger partial charge in [0, 0.05) is 12.1 Å². The van der Waals surface area contributed by atoms with Gasteiger partial charge in [0.25, 0.3) is 5.69 Å². The minimum absolute atomic E-state index is 0.00878. The summed E-state index contributed by atoms with van der Waals surface area (Å²) in [6.45, 7) is 3.08. The molecule has 1 rings (SSSR count). The van der Waals surface area contributed by atoms with Crippen LogP contribution < -0.4 is 10.5 Å². The van der Waals surface area contributed by atoms with Crippen LogP contribution in [0.3, 0.4) is 0 Å². The van der Waals surface area contributed by atoms with Crippen LogP contribution in [0.1, 0.15) is 18.9 Å². The van der Waals surface area contributed by atoms with Gasteiger partial charge >= 0.3 is 7.05 Å². The largest absolute Gasteiger partial charge is 0.437 e. The zero-order valence-electron chi connectivity index (χ0n) is 13.2. The molecule has 0 aliphatic carbocycles. The van der Waals surface area contributed by atoms with Crippen LogP contribution in [0, 0.1) is 10.1 Å². The first-order chi connectivity index (χ1) is 10.9. The van der Waals surface area contributed by atoms with E-state index in [1.54, 1.807) is 12.1 Å². The van der Waals surface area contributed by atoms with Crippen molar-refractivity contribution < 1.29 is 19.8 Å². The minimum atomic E-state index is -0.812. The van der Waals surface area contributed by atoms with Crippen molar-refractivity contribution in [1.29, 1.82) is 0 Å². The minimum Gasteiger partial charge on any atom is -0.437 e. The smallest absolute Gasteiger partial charge is 0.374 e. The summed E-state index contributed by atoms with van der Waals surface area (Å²) in [6.07, 6.45) is 0.845. The molecule has 0 aromatic heterocycles. The Kier molecular flexibility index (Phi) is 7.66. The first kappa shape index (κ1) is 19.1. The fourth-order valence-electron chi connectivity index (χ4n) is 2.17. The number of hydrogen-bond donors (Lipinski definition) is 4. The van der Waals surface area contributed by atoms with Gasteiger partial charge in [-0.15, -0.1) is 0 Å².